The lowest BCUT2D eigenvalue weighted by Crippen LogP contribution is -1.98. The Bertz CT molecular complexity index is 403. The largest absolute Gasteiger partial charge is 0.211 e. The van der Waals surface area contributed by atoms with E-state index in [0.29, 0.717) is 0 Å². The maximum atomic E-state index is 3.87. The highest BCUT2D eigenvalue weighted by Crippen LogP contribution is 2.06. The monoisotopic (exact) mass is 258 g/mol. The van der Waals surface area contributed by atoms with Gasteiger partial charge in [-0.2, -0.15) is 0 Å². The van der Waals surface area contributed by atoms with Crippen LogP contribution < -0.4 is 0 Å². The van der Waals surface area contributed by atoms with Crippen molar-refractivity contribution in [3.63, 3.8) is 0 Å². The highest BCUT2D eigenvalue weighted by molar-refractivity contribution is 5.50. The molecule has 0 rings (SSSR count). The minimum atomic E-state index is 0.917. The molecule has 1 heteroatoms. The Morgan fingerprint density at radius 1 is 1.26 bits per heavy atom. The van der Waals surface area contributed by atoms with Gasteiger partial charge in [0.05, 0.1) is 0 Å². The van der Waals surface area contributed by atoms with Crippen LogP contribution in [0.1, 0.15) is 40.0 Å². The van der Waals surface area contributed by atoms with Gasteiger partial charge in [0.25, 0.3) is 0 Å². The molecule has 0 spiro atoms. The molecule has 104 valence electrons. The summed E-state index contributed by atoms with van der Waals surface area (Å²) >= 11 is 0. The topological polar surface area (TPSA) is 3.01 Å². The Kier molecular flexibility index (Phi) is 10.5. The lowest BCUT2D eigenvalue weighted by molar-refractivity contribution is -0.418. The van der Waals surface area contributed by atoms with Gasteiger partial charge in [-0.25, -0.2) is 4.58 Å². The zero-order valence-electron chi connectivity index (χ0n) is 12.9. The van der Waals surface area contributed by atoms with Gasteiger partial charge in [-0.15, -0.1) is 0 Å². The SMILES string of the molecule is C=C/C(=C/[N+](C)=CCC)C/C=C/C(C)=C/C/C=C\C. The van der Waals surface area contributed by atoms with Crippen LogP contribution in [0.5, 0.6) is 0 Å². The summed E-state index contributed by atoms with van der Waals surface area (Å²) in [5, 5.41) is 0. The number of allylic oxidation sites excluding steroid dienone is 8. The van der Waals surface area contributed by atoms with E-state index in [2.05, 4.69) is 74.8 Å². The number of rotatable bonds is 8. The molecular formula is C18H28N+. The molecule has 0 aliphatic heterocycles. The van der Waals surface area contributed by atoms with Crippen LogP contribution in [-0.4, -0.2) is 17.8 Å². The predicted octanol–water partition coefficient (Wildman–Crippen LogP) is 5.04. The van der Waals surface area contributed by atoms with Crippen molar-refractivity contribution in [1.82, 2.24) is 0 Å². The molecule has 0 aromatic carbocycles. The second kappa shape index (κ2) is 11.5. The third-order valence-corrected chi connectivity index (χ3v) is 2.65. The Balaban J connectivity index is 4.46. The Morgan fingerprint density at radius 2 is 2.00 bits per heavy atom. The van der Waals surface area contributed by atoms with Gasteiger partial charge in [-0.1, -0.05) is 55.5 Å². The Labute approximate surface area is 119 Å². The average Bonchev–Trinajstić information content (AvgIpc) is 2.38. The van der Waals surface area contributed by atoms with Crippen LogP contribution in [0.3, 0.4) is 0 Å². The highest BCUT2D eigenvalue weighted by Gasteiger charge is 1.94. The summed E-state index contributed by atoms with van der Waals surface area (Å²) in [5.41, 5.74) is 2.53. The smallest absolute Gasteiger partial charge is 0.171 e. The maximum Gasteiger partial charge on any atom is 0.171 e. The van der Waals surface area contributed by atoms with Crippen LogP contribution in [0.15, 0.2) is 60.4 Å². The molecule has 0 atom stereocenters. The third-order valence-electron chi connectivity index (χ3n) is 2.65. The third kappa shape index (κ3) is 10.0. The zero-order chi connectivity index (χ0) is 14.5. The van der Waals surface area contributed by atoms with E-state index in [4.69, 9.17) is 0 Å². The second-order valence-electron chi connectivity index (χ2n) is 4.52. The first-order chi connectivity index (χ1) is 9.13. The molecule has 0 aromatic heterocycles. The summed E-state index contributed by atoms with van der Waals surface area (Å²) < 4.78 is 2.10. The summed E-state index contributed by atoms with van der Waals surface area (Å²) in [6.07, 6.45) is 20.0. The molecule has 0 saturated heterocycles. The van der Waals surface area contributed by atoms with Crippen molar-refractivity contribution in [3.05, 3.63) is 60.4 Å². The van der Waals surface area contributed by atoms with Crippen molar-refractivity contribution in [1.29, 1.82) is 0 Å². The molecule has 1 nitrogen and oxygen atoms in total. The fraction of sp³-hybridized carbons (Fsp3) is 0.389. The minimum absolute atomic E-state index is 0.917. The van der Waals surface area contributed by atoms with Crippen LogP contribution in [-0.2, 0) is 0 Å². The van der Waals surface area contributed by atoms with Gasteiger partial charge in [0.1, 0.15) is 13.3 Å². The zero-order valence-corrected chi connectivity index (χ0v) is 12.9. The Morgan fingerprint density at radius 3 is 2.58 bits per heavy atom. The lowest BCUT2D eigenvalue weighted by Gasteiger charge is -1.95. The van der Waals surface area contributed by atoms with Crippen molar-refractivity contribution in [2.45, 2.75) is 40.0 Å². The molecule has 0 amide bonds. The predicted molar refractivity (Wildman–Crippen MR) is 87.8 cm³/mol. The molecular weight excluding hydrogens is 230 g/mol. The van der Waals surface area contributed by atoms with Gasteiger partial charge in [0.2, 0.25) is 0 Å². The van der Waals surface area contributed by atoms with Crippen LogP contribution in [0.4, 0.5) is 0 Å². The van der Waals surface area contributed by atoms with Gasteiger partial charge in [-0.3, -0.25) is 0 Å². The summed E-state index contributed by atoms with van der Waals surface area (Å²) in [7, 11) is 2.05. The molecule has 0 N–H and O–H groups in total. The number of nitrogens with zero attached hydrogens (tertiary/aromatic N) is 1. The fourth-order valence-electron chi connectivity index (χ4n) is 1.63. The van der Waals surface area contributed by atoms with Gasteiger partial charge < -0.3 is 0 Å². The molecule has 0 radical (unpaired) electrons. The van der Waals surface area contributed by atoms with Crippen LogP contribution in [0, 0.1) is 0 Å². The number of hydrogen-bond donors (Lipinski definition) is 0. The molecule has 0 bridgehead atoms. The van der Waals surface area contributed by atoms with Crippen molar-refractivity contribution in [2.24, 2.45) is 0 Å². The molecule has 0 aliphatic carbocycles. The summed E-state index contributed by atoms with van der Waals surface area (Å²) in [5.74, 6) is 0. The van der Waals surface area contributed by atoms with E-state index in [0.717, 1.165) is 19.3 Å². The van der Waals surface area contributed by atoms with E-state index in [1.807, 2.05) is 13.0 Å². The molecule has 0 saturated carbocycles. The molecule has 0 heterocycles. The average molecular weight is 258 g/mol. The van der Waals surface area contributed by atoms with Gasteiger partial charge in [0, 0.05) is 12.0 Å². The van der Waals surface area contributed by atoms with Crippen molar-refractivity contribution in [2.75, 3.05) is 7.05 Å². The molecule has 0 fully saturated rings. The van der Waals surface area contributed by atoms with Crippen molar-refractivity contribution >= 4 is 6.21 Å². The van der Waals surface area contributed by atoms with Gasteiger partial charge in [0.15, 0.2) is 6.20 Å². The van der Waals surface area contributed by atoms with E-state index < -0.39 is 0 Å². The Hall–Kier alpha value is -1.63. The number of hydrogen-bond acceptors (Lipinski definition) is 0. The van der Waals surface area contributed by atoms with Crippen LogP contribution in [0.25, 0.3) is 0 Å². The van der Waals surface area contributed by atoms with E-state index in [1.54, 1.807) is 0 Å². The molecule has 0 aromatic rings. The van der Waals surface area contributed by atoms with Crippen LogP contribution >= 0.6 is 0 Å². The normalized spacial score (nSPS) is 14.6. The van der Waals surface area contributed by atoms with E-state index in [9.17, 15) is 0 Å². The van der Waals surface area contributed by atoms with Crippen LogP contribution in [0.2, 0.25) is 0 Å². The highest BCUT2D eigenvalue weighted by atomic mass is 14.9. The first kappa shape index (κ1) is 17.4. The van der Waals surface area contributed by atoms with Crippen molar-refractivity contribution < 1.29 is 4.58 Å². The van der Waals surface area contributed by atoms with Crippen molar-refractivity contribution in [3.8, 4) is 0 Å². The van der Waals surface area contributed by atoms with Gasteiger partial charge >= 0.3 is 0 Å². The van der Waals surface area contributed by atoms with Gasteiger partial charge in [-0.05, 0) is 26.7 Å². The summed E-state index contributed by atoms with van der Waals surface area (Å²) in [6.45, 7) is 10.2. The second-order valence-corrected chi connectivity index (χ2v) is 4.52. The standard InChI is InChI=1S/C18H28N/c1-6-9-10-12-17(4)13-11-14-18(8-3)16-19(5)15-7-2/h6,8-9,11-13,15-16H,3,7,10,14H2,1-2,4-5H3/q+1/b9-6-,13-11+,17-12+,18-16-,19-15?. The summed E-state index contributed by atoms with van der Waals surface area (Å²) in [6, 6.07) is 0. The minimum Gasteiger partial charge on any atom is -0.211 e. The first-order valence-corrected chi connectivity index (χ1v) is 6.96. The quantitative estimate of drug-likeness (QED) is 0.248. The maximum absolute atomic E-state index is 3.87. The fourth-order valence-corrected chi connectivity index (χ4v) is 1.63. The van der Waals surface area contributed by atoms with E-state index in [-0.39, 0.29) is 0 Å². The molecule has 19 heavy (non-hydrogen) atoms. The lowest BCUT2D eigenvalue weighted by atomic mass is 10.1. The summed E-state index contributed by atoms with van der Waals surface area (Å²) in [4.78, 5) is 0. The van der Waals surface area contributed by atoms with E-state index >= 15 is 0 Å². The molecule has 0 unspecified atom stereocenters. The van der Waals surface area contributed by atoms with E-state index in [1.165, 1.54) is 11.1 Å². The molecule has 0 aliphatic rings. The first-order valence-electron chi connectivity index (χ1n) is 6.96.